The van der Waals surface area contributed by atoms with Crippen LogP contribution in [0.15, 0.2) is 36.4 Å². The fourth-order valence-electron chi connectivity index (χ4n) is 2.17. The number of anilines is 1. The highest BCUT2D eigenvalue weighted by atomic mass is 16.5. The molecule has 0 saturated heterocycles. The topological polar surface area (TPSA) is 61.5 Å². The van der Waals surface area contributed by atoms with Gasteiger partial charge in [0, 0.05) is 22.9 Å². The van der Waals surface area contributed by atoms with Crippen LogP contribution in [0.5, 0.6) is 11.5 Å². The third-order valence-electron chi connectivity index (χ3n) is 3.27. The Balaban J connectivity index is 2.43. The molecular formula is C18H21NO3. The van der Waals surface area contributed by atoms with E-state index in [0.29, 0.717) is 41.5 Å². The molecule has 2 aromatic carbocycles. The van der Waals surface area contributed by atoms with E-state index in [2.05, 4.69) is 0 Å². The number of ketones is 1. The van der Waals surface area contributed by atoms with Gasteiger partial charge in [-0.05, 0) is 26.8 Å². The first-order chi connectivity index (χ1) is 10.6. The molecule has 0 aliphatic carbocycles. The van der Waals surface area contributed by atoms with Gasteiger partial charge >= 0.3 is 0 Å². The van der Waals surface area contributed by atoms with Crippen molar-refractivity contribution in [3.05, 3.63) is 53.1 Å². The molecule has 0 amide bonds. The van der Waals surface area contributed by atoms with Crippen LogP contribution in [0.25, 0.3) is 0 Å². The average molecular weight is 299 g/mol. The fraction of sp³-hybridized carbons (Fsp3) is 0.278. The molecule has 0 spiro atoms. The number of hydrogen-bond acceptors (Lipinski definition) is 4. The fourth-order valence-corrected chi connectivity index (χ4v) is 2.17. The Morgan fingerprint density at radius 3 is 2.09 bits per heavy atom. The maximum atomic E-state index is 12.6. The molecule has 4 nitrogen and oxygen atoms in total. The smallest absolute Gasteiger partial charge is 0.195 e. The maximum absolute atomic E-state index is 12.6. The summed E-state index contributed by atoms with van der Waals surface area (Å²) in [5, 5.41) is 0. The highest BCUT2D eigenvalue weighted by molar-refractivity contribution is 6.12. The molecule has 4 heteroatoms. The van der Waals surface area contributed by atoms with Crippen LogP contribution in [0.1, 0.15) is 35.3 Å². The quantitative estimate of drug-likeness (QED) is 0.654. The second kappa shape index (κ2) is 6.98. The molecule has 0 unspecified atom stereocenters. The summed E-state index contributed by atoms with van der Waals surface area (Å²) in [6, 6.07) is 10.7. The lowest BCUT2D eigenvalue weighted by atomic mass is 10.0. The van der Waals surface area contributed by atoms with Crippen LogP contribution in [0.4, 0.5) is 5.69 Å². The van der Waals surface area contributed by atoms with E-state index >= 15 is 0 Å². The molecular weight excluding hydrogens is 278 g/mol. The molecule has 22 heavy (non-hydrogen) atoms. The third kappa shape index (κ3) is 3.39. The molecule has 2 rings (SSSR count). The number of rotatable bonds is 6. The average Bonchev–Trinajstić information content (AvgIpc) is 2.50. The summed E-state index contributed by atoms with van der Waals surface area (Å²) < 4.78 is 11.1. The van der Waals surface area contributed by atoms with Crippen molar-refractivity contribution in [2.75, 3.05) is 18.9 Å². The highest BCUT2D eigenvalue weighted by Crippen LogP contribution is 2.33. The summed E-state index contributed by atoms with van der Waals surface area (Å²) in [6.45, 7) is 6.74. The Morgan fingerprint density at radius 2 is 1.55 bits per heavy atom. The summed E-state index contributed by atoms with van der Waals surface area (Å²) in [7, 11) is 0. The molecule has 2 aromatic rings. The minimum atomic E-state index is -0.124. The van der Waals surface area contributed by atoms with Crippen molar-refractivity contribution in [3.8, 4) is 11.5 Å². The van der Waals surface area contributed by atoms with E-state index in [9.17, 15) is 4.79 Å². The van der Waals surface area contributed by atoms with Crippen LogP contribution in [-0.4, -0.2) is 19.0 Å². The second-order valence-electron chi connectivity index (χ2n) is 4.95. The van der Waals surface area contributed by atoms with E-state index in [1.165, 1.54) is 0 Å². The lowest BCUT2D eigenvalue weighted by molar-refractivity contribution is 0.103. The minimum absolute atomic E-state index is 0.124. The zero-order chi connectivity index (χ0) is 16.1. The van der Waals surface area contributed by atoms with Gasteiger partial charge in [0.2, 0.25) is 0 Å². The van der Waals surface area contributed by atoms with Gasteiger partial charge in [-0.25, -0.2) is 0 Å². The molecule has 0 aliphatic rings. The number of aryl methyl sites for hydroxylation is 1. The molecule has 0 bridgehead atoms. The largest absolute Gasteiger partial charge is 0.490 e. The molecule has 0 aliphatic heterocycles. The Morgan fingerprint density at radius 1 is 1.00 bits per heavy atom. The van der Waals surface area contributed by atoms with Gasteiger partial charge in [-0.2, -0.15) is 0 Å². The lowest BCUT2D eigenvalue weighted by Crippen LogP contribution is -2.08. The van der Waals surface area contributed by atoms with E-state index in [4.69, 9.17) is 15.2 Å². The van der Waals surface area contributed by atoms with E-state index in [0.717, 1.165) is 5.56 Å². The predicted molar refractivity (Wildman–Crippen MR) is 87.8 cm³/mol. The SMILES string of the molecule is CCOc1cc(N)c(C(=O)c2ccc(C)cc2)cc1OCC. The number of nitrogens with two attached hydrogens (primary N) is 1. The predicted octanol–water partition coefficient (Wildman–Crippen LogP) is 3.61. The molecule has 0 saturated carbocycles. The highest BCUT2D eigenvalue weighted by Gasteiger charge is 2.17. The zero-order valence-electron chi connectivity index (χ0n) is 13.2. The van der Waals surface area contributed by atoms with Crippen LogP contribution in [0, 0.1) is 6.92 Å². The van der Waals surface area contributed by atoms with E-state index in [-0.39, 0.29) is 5.78 Å². The summed E-state index contributed by atoms with van der Waals surface area (Å²) in [4.78, 5) is 12.6. The van der Waals surface area contributed by atoms with Gasteiger partial charge in [-0.15, -0.1) is 0 Å². The van der Waals surface area contributed by atoms with Crippen molar-refractivity contribution in [1.82, 2.24) is 0 Å². The summed E-state index contributed by atoms with van der Waals surface area (Å²) in [5.74, 6) is 0.970. The molecule has 0 heterocycles. The van der Waals surface area contributed by atoms with E-state index in [1.54, 1.807) is 24.3 Å². The first kappa shape index (κ1) is 15.9. The first-order valence-corrected chi connectivity index (χ1v) is 7.37. The van der Waals surface area contributed by atoms with Gasteiger partial charge in [0.1, 0.15) is 0 Å². The number of ether oxygens (including phenoxy) is 2. The van der Waals surface area contributed by atoms with E-state index in [1.807, 2.05) is 32.9 Å². The van der Waals surface area contributed by atoms with E-state index < -0.39 is 0 Å². The molecule has 116 valence electrons. The van der Waals surface area contributed by atoms with Crippen molar-refractivity contribution in [1.29, 1.82) is 0 Å². The van der Waals surface area contributed by atoms with Gasteiger partial charge in [0.25, 0.3) is 0 Å². The Kier molecular flexibility index (Phi) is 5.04. The number of hydrogen-bond donors (Lipinski definition) is 1. The Bertz CT molecular complexity index is 663. The van der Waals surface area contributed by atoms with Gasteiger partial charge in [0.05, 0.1) is 13.2 Å². The third-order valence-corrected chi connectivity index (χ3v) is 3.27. The maximum Gasteiger partial charge on any atom is 0.195 e. The van der Waals surface area contributed by atoms with Crippen molar-refractivity contribution < 1.29 is 14.3 Å². The number of benzene rings is 2. The second-order valence-corrected chi connectivity index (χ2v) is 4.95. The van der Waals surface area contributed by atoms with Crippen molar-refractivity contribution in [2.24, 2.45) is 0 Å². The van der Waals surface area contributed by atoms with Crippen molar-refractivity contribution in [2.45, 2.75) is 20.8 Å². The summed E-state index contributed by atoms with van der Waals surface area (Å²) >= 11 is 0. The van der Waals surface area contributed by atoms with Crippen molar-refractivity contribution in [3.63, 3.8) is 0 Å². The van der Waals surface area contributed by atoms with Gasteiger partial charge < -0.3 is 15.2 Å². The molecule has 0 aromatic heterocycles. The molecule has 0 atom stereocenters. The van der Waals surface area contributed by atoms with Crippen LogP contribution in [0.3, 0.4) is 0 Å². The molecule has 2 N–H and O–H groups in total. The number of carbonyl (C=O) groups is 1. The van der Waals surface area contributed by atoms with Gasteiger partial charge in [-0.3, -0.25) is 4.79 Å². The first-order valence-electron chi connectivity index (χ1n) is 7.37. The Hall–Kier alpha value is -2.49. The minimum Gasteiger partial charge on any atom is -0.490 e. The van der Waals surface area contributed by atoms with Crippen LogP contribution in [0.2, 0.25) is 0 Å². The Labute approximate surface area is 130 Å². The van der Waals surface area contributed by atoms with Gasteiger partial charge in [0.15, 0.2) is 17.3 Å². The lowest BCUT2D eigenvalue weighted by Gasteiger charge is -2.14. The van der Waals surface area contributed by atoms with Crippen LogP contribution < -0.4 is 15.2 Å². The zero-order valence-corrected chi connectivity index (χ0v) is 13.2. The standard InChI is InChI=1S/C18H21NO3/c1-4-21-16-10-14(15(19)11-17(16)22-5-2)18(20)13-8-6-12(3)7-9-13/h6-11H,4-5,19H2,1-3H3. The summed E-state index contributed by atoms with van der Waals surface area (Å²) in [6.07, 6.45) is 0. The normalized spacial score (nSPS) is 10.3. The van der Waals surface area contributed by atoms with Gasteiger partial charge in [-0.1, -0.05) is 29.8 Å². The number of carbonyl (C=O) groups excluding carboxylic acids is 1. The monoisotopic (exact) mass is 299 g/mol. The molecule has 0 radical (unpaired) electrons. The van der Waals surface area contributed by atoms with Crippen LogP contribution in [-0.2, 0) is 0 Å². The number of nitrogen functional groups attached to an aromatic ring is 1. The molecule has 0 fully saturated rings. The van der Waals surface area contributed by atoms with Crippen LogP contribution >= 0.6 is 0 Å². The summed E-state index contributed by atoms with van der Waals surface area (Å²) in [5.41, 5.74) is 8.55. The van der Waals surface area contributed by atoms with Crippen molar-refractivity contribution >= 4 is 11.5 Å².